The highest BCUT2D eigenvalue weighted by molar-refractivity contribution is 7.98. The van der Waals surface area contributed by atoms with Crippen LogP contribution >= 0.6 is 11.8 Å². The number of aromatic nitrogens is 1. The Morgan fingerprint density at radius 1 is 1.39 bits per heavy atom. The number of piperazine rings is 1. The van der Waals surface area contributed by atoms with E-state index in [0.717, 1.165) is 11.0 Å². The molecule has 3 rings (SSSR count). The molecule has 3 N–H and O–H groups in total. The molecule has 6 nitrogen and oxygen atoms in total. The van der Waals surface area contributed by atoms with Gasteiger partial charge in [-0.1, -0.05) is 12.1 Å². The van der Waals surface area contributed by atoms with Crippen LogP contribution in [-0.4, -0.2) is 42.2 Å². The fourth-order valence-electron chi connectivity index (χ4n) is 2.94. The average molecular weight is 409 g/mol. The van der Waals surface area contributed by atoms with Crippen molar-refractivity contribution in [3.8, 4) is 6.07 Å². The molecule has 1 aliphatic heterocycles. The first-order valence-corrected chi connectivity index (χ1v) is 9.64. The van der Waals surface area contributed by atoms with E-state index in [1.54, 1.807) is 23.1 Å². The van der Waals surface area contributed by atoms with Crippen LogP contribution in [0.4, 0.5) is 30.5 Å². The van der Waals surface area contributed by atoms with Gasteiger partial charge in [0.15, 0.2) is 5.82 Å². The van der Waals surface area contributed by atoms with Gasteiger partial charge in [0, 0.05) is 18.0 Å². The maximum Gasteiger partial charge on any atom is 0.417 e. The van der Waals surface area contributed by atoms with Crippen molar-refractivity contribution in [2.45, 2.75) is 17.3 Å². The number of benzene rings is 1. The number of hydrogen-bond donors (Lipinski definition) is 3. The summed E-state index contributed by atoms with van der Waals surface area (Å²) in [6.45, 7) is 0.882. The second-order valence-electron chi connectivity index (χ2n) is 6.10. The van der Waals surface area contributed by atoms with Crippen molar-refractivity contribution >= 4 is 29.1 Å². The Labute approximate surface area is 164 Å². The monoisotopic (exact) mass is 409 g/mol. The summed E-state index contributed by atoms with van der Waals surface area (Å²) in [5, 5.41) is 24.9. The van der Waals surface area contributed by atoms with Gasteiger partial charge in [0.25, 0.3) is 0 Å². The van der Waals surface area contributed by atoms with Crippen molar-refractivity contribution in [3.63, 3.8) is 0 Å². The highest BCUT2D eigenvalue weighted by Gasteiger charge is 2.37. The number of anilines is 3. The SMILES string of the molecule is CSc1ccccc1Nc1nc(N2CCNC(O)C2)cc(C(F)(F)F)c1C#N. The third kappa shape index (κ3) is 4.32. The van der Waals surface area contributed by atoms with Crippen molar-refractivity contribution in [2.24, 2.45) is 0 Å². The molecule has 148 valence electrons. The lowest BCUT2D eigenvalue weighted by molar-refractivity contribution is -0.137. The molecule has 0 amide bonds. The first kappa shape index (κ1) is 20.3. The van der Waals surface area contributed by atoms with E-state index >= 15 is 0 Å². The van der Waals surface area contributed by atoms with Crippen molar-refractivity contribution in [2.75, 3.05) is 36.1 Å². The second-order valence-corrected chi connectivity index (χ2v) is 6.95. The van der Waals surface area contributed by atoms with Crippen LogP contribution in [0.25, 0.3) is 0 Å². The number of para-hydroxylation sites is 1. The van der Waals surface area contributed by atoms with Crippen LogP contribution in [-0.2, 0) is 6.18 Å². The summed E-state index contributed by atoms with van der Waals surface area (Å²) in [7, 11) is 0. The number of nitriles is 1. The number of nitrogens with zero attached hydrogens (tertiary/aromatic N) is 3. The fourth-order valence-corrected chi connectivity index (χ4v) is 3.49. The molecule has 28 heavy (non-hydrogen) atoms. The summed E-state index contributed by atoms with van der Waals surface area (Å²) < 4.78 is 40.9. The van der Waals surface area contributed by atoms with E-state index in [-0.39, 0.29) is 18.2 Å². The Hall–Kier alpha value is -2.48. The zero-order chi connectivity index (χ0) is 20.3. The number of thioether (sulfide) groups is 1. The molecule has 2 heterocycles. The molecule has 2 aromatic rings. The van der Waals surface area contributed by atoms with Crippen LogP contribution in [0.5, 0.6) is 0 Å². The molecule has 1 aromatic heterocycles. The van der Waals surface area contributed by atoms with Crippen LogP contribution in [0.1, 0.15) is 11.1 Å². The number of nitrogens with one attached hydrogen (secondary N) is 2. The minimum absolute atomic E-state index is 0.0519. The Bertz CT molecular complexity index is 900. The summed E-state index contributed by atoms with van der Waals surface area (Å²) in [4.78, 5) is 6.66. The number of alkyl halides is 3. The van der Waals surface area contributed by atoms with Gasteiger partial charge in [-0.25, -0.2) is 4.98 Å². The van der Waals surface area contributed by atoms with Crippen molar-refractivity contribution in [1.29, 1.82) is 5.26 Å². The van der Waals surface area contributed by atoms with Crippen LogP contribution in [0.2, 0.25) is 0 Å². The maximum absolute atomic E-state index is 13.6. The third-order valence-corrected chi connectivity index (χ3v) is 5.06. The molecule has 0 saturated carbocycles. The lowest BCUT2D eigenvalue weighted by Crippen LogP contribution is -2.51. The van der Waals surface area contributed by atoms with Gasteiger partial charge in [0.2, 0.25) is 0 Å². The molecule has 1 saturated heterocycles. The van der Waals surface area contributed by atoms with E-state index in [9.17, 15) is 23.5 Å². The van der Waals surface area contributed by atoms with Gasteiger partial charge in [-0.05, 0) is 24.5 Å². The third-order valence-electron chi connectivity index (χ3n) is 4.26. The number of halogens is 3. The molecular weight excluding hydrogens is 391 g/mol. The van der Waals surface area contributed by atoms with Gasteiger partial charge in [0.05, 0.1) is 17.8 Å². The maximum atomic E-state index is 13.6. The van der Waals surface area contributed by atoms with Crippen LogP contribution in [0.3, 0.4) is 0 Å². The molecule has 1 unspecified atom stereocenters. The quantitative estimate of drug-likeness (QED) is 0.669. The van der Waals surface area contributed by atoms with Gasteiger partial charge in [-0.2, -0.15) is 18.4 Å². The second kappa shape index (κ2) is 8.26. The topological polar surface area (TPSA) is 84.2 Å². The smallest absolute Gasteiger partial charge is 0.377 e. The normalized spacial score (nSPS) is 17.3. The number of aliphatic hydroxyl groups excluding tert-OH is 1. The lowest BCUT2D eigenvalue weighted by atomic mass is 10.1. The fraction of sp³-hybridized carbons (Fsp3) is 0.333. The highest BCUT2D eigenvalue weighted by Crippen LogP contribution is 2.38. The van der Waals surface area contributed by atoms with E-state index in [1.165, 1.54) is 11.8 Å². The van der Waals surface area contributed by atoms with Crippen LogP contribution in [0.15, 0.2) is 35.2 Å². The van der Waals surface area contributed by atoms with Gasteiger partial charge < -0.3 is 15.3 Å². The molecule has 0 spiro atoms. The first-order valence-electron chi connectivity index (χ1n) is 8.42. The van der Waals surface area contributed by atoms with E-state index in [2.05, 4.69) is 15.6 Å². The first-order chi connectivity index (χ1) is 13.3. The molecule has 10 heteroatoms. The van der Waals surface area contributed by atoms with Crippen LogP contribution in [0, 0.1) is 11.3 Å². The Kier molecular flexibility index (Phi) is 5.98. The van der Waals surface area contributed by atoms with Crippen molar-refractivity contribution < 1.29 is 18.3 Å². The summed E-state index contributed by atoms with van der Waals surface area (Å²) in [5.41, 5.74) is -1.07. The molecule has 1 atom stereocenters. The number of β-amino-alcohol motifs (C(OH)–C–C–N with tert-alkyl or cyclic N) is 1. The molecule has 0 radical (unpaired) electrons. The predicted octanol–water partition coefficient (Wildman–Crippen LogP) is 3.17. The van der Waals surface area contributed by atoms with Crippen molar-refractivity contribution in [3.05, 3.63) is 41.5 Å². The highest BCUT2D eigenvalue weighted by atomic mass is 32.2. The minimum Gasteiger partial charge on any atom is -0.377 e. The average Bonchev–Trinajstić information content (AvgIpc) is 2.67. The summed E-state index contributed by atoms with van der Waals surface area (Å²) >= 11 is 1.42. The summed E-state index contributed by atoms with van der Waals surface area (Å²) in [5.74, 6) is -0.113. The van der Waals surface area contributed by atoms with E-state index < -0.39 is 23.5 Å². The zero-order valence-electron chi connectivity index (χ0n) is 14.9. The Balaban J connectivity index is 2.11. The summed E-state index contributed by atoms with van der Waals surface area (Å²) in [6.07, 6.45) is -3.74. The number of aliphatic hydroxyl groups is 1. The molecular formula is C18H18F3N5OS. The van der Waals surface area contributed by atoms with Gasteiger partial charge in [0.1, 0.15) is 23.7 Å². The predicted molar refractivity (Wildman–Crippen MR) is 102 cm³/mol. The van der Waals surface area contributed by atoms with E-state index in [0.29, 0.717) is 18.8 Å². The Morgan fingerprint density at radius 2 is 2.14 bits per heavy atom. The largest absolute Gasteiger partial charge is 0.417 e. The van der Waals surface area contributed by atoms with E-state index in [1.807, 2.05) is 18.4 Å². The number of pyridine rings is 1. The summed E-state index contributed by atoms with van der Waals surface area (Å²) in [6, 6.07) is 9.59. The van der Waals surface area contributed by atoms with Gasteiger partial charge in [-0.15, -0.1) is 11.8 Å². The van der Waals surface area contributed by atoms with E-state index in [4.69, 9.17) is 0 Å². The standard InChI is InChI=1S/C18H18F3N5OS/c1-28-14-5-3-2-4-13(14)24-17-11(9-22)12(18(19,20)21)8-15(25-17)26-7-6-23-16(27)10-26/h2-5,8,16,23,27H,6-7,10H2,1H3,(H,24,25). The Morgan fingerprint density at radius 3 is 2.79 bits per heavy atom. The number of rotatable bonds is 4. The molecule has 0 bridgehead atoms. The van der Waals surface area contributed by atoms with Crippen molar-refractivity contribution in [1.82, 2.24) is 10.3 Å². The zero-order valence-corrected chi connectivity index (χ0v) is 15.7. The van der Waals surface area contributed by atoms with Crippen LogP contribution < -0.4 is 15.5 Å². The molecule has 1 aromatic carbocycles. The number of hydrogen-bond acceptors (Lipinski definition) is 7. The molecule has 1 aliphatic rings. The minimum atomic E-state index is -4.72. The lowest BCUT2D eigenvalue weighted by Gasteiger charge is -2.32. The van der Waals surface area contributed by atoms with Gasteiger partial charge in [-0.3, -0.25) is 5.32 Å². The molecule has 1 fully saturated rings. The molecule has 0 aliphatic carbocycles. The van der Waals surface area contributed by atoms with Gasteiger partial charge >= 0.3 is 6.18 Å².